The zero-order chi connectivity index (χ0) is 9.24. The summed E-state index contributed by atoms with van der Waals surface area (Å²) in [7, 11) is 3.37. The van der Waals surface area contributed by atoms with Gasteiger partial charge in [0.25, 0.3) is 0 Å². The molecular formula is C8H17NO2S. The number of nitrogens with two attached hydrogens (primary N) is 1. The Balaban J connectivity index is 2.52. The summed E-state index contributed by atoms with van der Waals surface area (Å²) < 4.78 is 10.8. The van der Waals surface area contributed by atoms with Gasteiger partial charge in [0.15, 0.2) is 5.79 Å². The maximum absolute atomic E-state index is 5.68. The first kappa shape index (κ1) is 10.3. The lowest BCUT2D eigenvalue weighted by Crippen LogP contribution is -2.60. The molecule has 1 saturated carbocycles. The molecule has 72 valence electrons. The normalized spacial score (nSPS) is 25.0. The molecule has 0 saturated heterocycles. The predicted octanol–water partition coefficient (Wildman–Crippen LogP) is 0.830. The van der Waals surface area contributed by atoms with Crippen molar-refractivity contribution in [2.24, 2.45) is 5.73 Å². The van der Waals surface area contributed by atoms with Crippen LogP contribution in [0.15, 0.2) is 0 Å². The maximum atomic E-state index is 5.68. The van der Waals surface area contributed by atoms with Gasteiger partial charge in [-0.3, -0.25) is 0 Å². The molecule has 1 rings (SSSR count). The summed E-state index contributed by atoms with van der Waals surface area (Å²) in [5, 5.41) is 0. The van der Waals surface area contributed by atoms with Crippen molar-refractivity contribution in [1.82, 2.24) is 0 Å². The molecule has 0 radical (unpaired) electrons. The fourth-order valence-corrected chi connectivity index (χ4v) is 2.57. The van der Waals surface area contributed by atoms with Crippen molar-refractivity contribution in [3.63, 3.8) is 0 Å². The van der Waals surface area contributed by atoms with Crippen LogP contribution in [0.5, 0.6) is 0 Å². The van der Waals surface area contributed by atoms with E-state index >= 15 is 0 Å². The summed E-state index contributed by atoms with van der Waals surface area (Å²) in [6.45, 7) is 0.697. The van der Waals surface area contributed by atoms with Gasteiger partial charge >= 0.3 is 0 Å². The van der Waals surface area contributed by atoms with E-state index in [4.69, 9.17) is 15.2 Å². The zero-order valence-corrected chi connectivity index (χ0v) is 8.74. The number of rotatable bonds is 4. The first-order chi connectivity index (χ1) is 5.66. The molecule has 3 nitrogen and oxygen atoms in total. The van der Waals surface area contributed by atoms with Crippen LogP contribution in [0.1, 0.15) is 12.8 Å². The highest BCUT2D eigenvalue weighted by Gasteiger charge is 2.54. The number of ether oxygens (including phenoxy) is 2. The maximum Gasteiger partial charge on any atom is 0.170 e. The van der Waals surface area contributed by atoms with Crippen LogP contribution in [0.2, 0.25) is 0 Å². The predicted molar refractivity (Wildman–Crippen MR) is 51.3 cm³/mol. The highest BCUT2D eigenvalue weighted by Crippen LogP contribution is 2.50. The first-order valence-corrected chi connectivity index (χ1v) is 5.24. The zero-order valence-electron chi connectivity index (χ0n) is 7.92. The Hall–Kier alpha value is 0.230. The summed E-state index contributed by atoms with van der Waals surface area (Å²) in [6.07, 6.45) is 3.87. The van der Waals surface area contributed by atoms with Crippen molar-refractivity contribution in [3.8, 4) is 0 Å². The Morgan fingerprint density at radius 1 is 1.33 bits per heavy atom. The molecule has 0 aliphatic heterocycles. The number of methoxy groups -OCH3 is 2. The van der Waals surface area contributed by atoms with Crippen molar-refractivity contribution >= 4 is 11.8 Å². The summed E-state index contributed by atoms with van der Waals surface area (Å²) in [6, 6.07) is 0. The van der Waals surface area contributed by atoms with E-state index in [1.807, 2.05) is 11.8 Å². The van der Waals surface area contributed by atoms with E-state index in [0.29, 0.717) is 6.54 Å². The lowest BCUT2D eigenvalue weighted by Gasteiger charge is -2.52. The van der Waals surface area contributed by atoms with Gasteiger partial charge in [-0.05, 0) is 6.26 Å². The minimum atomic E-state index is -0.359. The Bertz CT molecular complexity index is 129. The van der Waals surface area contributed by atoms with Crippen LogP contribution < -0.4 is 5.73 Å². The monoisotopic (exact) mass is 191 g/mol. The molecular weight excluding hydrogens is 174 g/mol. The quantitative estimate of drug-likeness (QED) is 0.668. The van der Waals surface area contributed by atoms with Crippen LogP contribution in [-0.4, -0.2) is 37.6 Å². The fraction of sp³-hybridized carbons (Fsp3) is 1.00. The highest BCUT2D eigenvalue weighted by atomic mass is 32.2. The first-order valence-electron chi connectivity index (χ1n) is 4.01. The van der Waals surface area contributed by atoms with Crippen molar-refractivity contribution in [1.29, 1.82) is 0 Å². The second-order valence-corrected chi connectivity index (χ2v) is 4.54. The van der Waals surface area contributed by atoms with Gasteiger partial charge < -0.3 is 15.2 Å². The third kappa shape index (κ3) is 1.48. The van der Waals surface area contributed by atoms with Gasteiger partial charge in [-0.25, -0.2) is 0 Å². The molecule has 0 heterocycles. The Morgan fingerprint density at radius 2 is 1.83 bits per heavy atom. The van der Waals surface area contributed by atoms with Crippen LogP contribution in [0.3, 0.4) is 0 Å². The Kier molecular flexibility index (Phi) is 3.04. The minimum absolute atomic E-state index is 0.187. The molecule has 1 fully saturated rings. The Morgan fingerprint density at radius 3 is 2.08 bits per heavy atom. The molecule has 0 aromatic heterocycles. The minimum Gasteiger partial charge on any atom is -0.353 e. The fourth-order valence-electron chi connectivity index (χ4n) is 1.67. The van der Waals surface area contributed by atoms with E-state index in [-0.39, 0.29) is 10.5 Å². The van der Waals surface area contributed by atoms with Gasteiger partial charge in [0.1, 0.15) is 0 Å². The molecule has 0 unspecified atom stereocenters. The van der Waals surface area contributed by atoms with E-state index < -0.39 is 0 Å². The van der Waals surface area contributed by atoms with Crippen molar-refractivity contribution in [3.05, 3.63) is 0 Å². The van der Waals surface area contributed by atoms with Crippen molar-refractivity contribution in [2.45, 2.75) is 23.4 Å². The van der Waals surface area contributed by atoms with Crippen molar-refractivity contribution < 1.29 is 9.47 Å². The van der Waals surface area contributed by atoms with E-state index in [0.717, 1.165) is 12.8 Å². The van der Waals surface area contributed by atoms with E-state index in [1.165, 1.54) is 0 Å². The lowest BCUT2D eigenvalue weighted by molar-refractivity contribution is -0.260. The van der Waals surface area contributed by atoms with E-state index in [2.05, 4.69) is 6.26 Å². The molecule has 0 aromatic rings. The molecule has 2 N–H and O–H groups in total. The standard InChI is InChI=1S/C8H17NO2S/c1-10-8(11-2)4-7(5-8,6-9)12-3/h4-6,9H2,1-3H3. The smallest absolute Gasteiger partial charge is 0.170 e. The second-order valence-electron chi connectivity index (χ2n) is 3.26. The number of thioether (sulfide) groups is 1. The van der Waals surface area contributed by atoms with Crippen LogP contribution in [-0.2, 0) is 9.47 Å². The third-order valence-electron chi connectivity index (χ3n) is 2.73. The summed E-state index contributed by atoms with van der Waals surface area (Å²) in [5.74, 6) is -0.359. The van der Waals surface area contributed by atoms with E-state index in [9.17, 15) is 0 Å². The average Bonchev–Trinajstić information content (AvgIpc) is 2.07. The Labute approximate surface area is 78.0 Å². The van der Waals surface area contributed by atoms with Gasteiger partial charge in [0, 0.05) is 38.4 Å². The second kappa shape index (κ2) is 3.54. The van der Waals surface area contributed by atoms with Crippen LogP contribution in [0.25, 0.3) is 0 Å². The summed E-state index contributed by atoms with van der Waals surface area (Å²) in [5.41, 5.74) is 5.68. The van der Waals surface area contributed by atoms with Gasteiger partial charge in [-0.15, -0.1) is 0 Å². The molecule has 0 atom stereocenters. The topological polar surface area (TPSA) is 44.5 Å². The third-order valence-corrected chi connectivity index (χ3v) is 4.05. The molecule has 0 aromatic carbocycles. The van der Waals surface area contributed by atoms with Crippen LogP contribution in [0.4, 0.5) is 0 Å². The highest BCUT2D eigenvalue weighted by molar-refractivity contribution is 8.00. The van der Waals surface area contributed by atoms with Gasteiger partial charge in [0.2, 0.25) is 0 Å². The summed E-state index contributed by atoms with van der Waals surface area (Å²) in [4.78, 5) is 0. The molecule has 0 spiro atoms. The van der Waals surface area contributed by atoms with Crippen molar-refractivity contribution in [2.75, 3.05) is 27.0 Å². The lowest BCUT2D eigenvalue weighted by atomic mass is 9.77. The molecule has 0 bridgehead atoms. The van der Waals surface area contributed by atoms with E-state index in [1.54, 1.807) is 14.2 Å². The average molecular weight is 191 g/mol. The molecule has 1 aliphatic rings. The van der Waals surface area contributed by atoms with Gasteiger partial charge in [0.05, 0.1) is 0 Å². The largest absolute Gasteiger partial charge is 0.353 e. The molecule has 1 aliphatic carbocycles. The molecule has 4 heteroatoms. The SMILES string of the molecule is COC1(OC)CC(CN)(SC)C1. The number of hydrogen-bond donors (Lipinski definition) is 1. The van der Waals surface area contributed by atoms with Gasteiger partial charge in [-0.2, -0.15) is 11.8 Å². The van der Waals surface area contributed by atoms with Crippen LogP contribution >= 0.6 is 11.8 Å². The van der Waals surface area contributed by atoms with Crippen LogP contribution in [0, 0.1) is 0 Å². The van der Waals surface area contributed by atoms with Gasteiger partial charge in [-0.1, -0.05) is 0 Å². The molecule has 12 heavy (non-hydrogen) atoms. The summed E-state index contributed by atoms with van der Waals surface area (Å²) >= 11 is 1.81. The molecule has 0 amide bonds. The number of hydrogen-bond acceptors (Lipinski definition) is 4.